The smallest absolute Gasteiger partial charge is 0.178 e. The van der Waals surface area contributed by atoms with Crippen LogP contribution in [0.25, 0.3) is 0 Å². The molecular weight excluding hydrogens is 262 g/mol. The standard InChI is InChI=1S/C14H23NO3S/c1-3-19(17,18)14-6-4-5-12(8-14)7-11(2)13(9-15)10-16/h4-6,8,11,13,16H,3,7,9-10,15H2,1-2H3. The van der Waals surface area contributed by atoms with Crippen LogP contribution in [0.3, 0.4) is 0 Å². The number of aliphatic hydroxyl groups excluding tert-OH is 1. The van der Waals surface area contributed by atoms with Gasteiger partial charge in [-0.25, -0.2) is 8.42 Å². The van der Waals surface area contributed by atoms with Gasteiger partial charge in [-0.15, -0.1) is 0 Å². The molecule has 1 rings (SSSR count). The van der Waals surface area contributed by atoms with Crippen LogP contribution in [0.4, 0.5) is 0 Å². The number of benzene rings is 1. The van der Waals surface area contributed by atoms with Crippen LogP contribution in [0.2, 0.25) is 0 Å². The van der Waals surface area contributed by atoms with Crippen molar-refractivity contribution in [3.8, 4) is 0 Å². The van der Waals surface area contributed by atoms with E-state index < -0.39 is 9.84 Å². The zero-order chi connectivity index (χ0) is 14.5. The van der Waals surface area contributed by atoms with E-state index in [0.29, 0.717) is 11.4 Å². The van der Waals surface area contributed by atoms with E-state index in [1.54, 1.807) is 25.1 Å². The van der Waals surface area contributed by atoms with E-state index in [1.165, 1.54) is 0 Å². The van der Waals surface area contributed by atoms with E-state index in [9.17, 15) is 13.5 Å². The molecule has 1 aromatic carbocycles. The lowest BCUT2D eigenvalue weighted by molar-refractivity contribution is 0.187. The highest BCUT2D eigenvalue weighted by molar-refractivity contribution is 7.91. The minimum atomic E-state index is -3.16. The summed E-state index contributed by atoms with van der Waals surface area (Å²) in [4.78, 5) is 0.369. The summed E-state index contributed by atoms with van der Waals surface area (Å²) in [7, 11) is -3.16. The van der Waals surface area contributed by atoms with Gasteiger partial charge in [0, 0.05) is 6.61 Å². The van der Waals surface area contributed by atoms with Crippen LogP contribution in [-0.2, 0) is 16.3 Å². The Kier molecular flexibility index (Phi) is 5.97. The Balaban J connectivity index is 2.89. The fourth-order valence-electron chi connectivity index (χ4n) is 2.06. The Morgan fingerprint density at radius 3 is 2.58 bits per heavy atom. The van der Waals surface area contributed by atoms with Crippen LogP contribution in [-0.4, -0.2) is 32.4 Å². The van der Waals surface area contributed by atoms with Crippen molar-refractivity contribution in [2.45, 2.75) is 25.2 Å². The van der Waals surface area contributed by atoms with Crippen LogP contribution < -0.4 is 5.73 Å². The zero-order valence-corrected chi connectivity index (χ0v) is 12.4. The lowest BCUT2D eigenvalue weighted by Gasteiger charge is -2.20. The second kappa shape index (κ2) is 7.03. The fourth-order valence-corrected chi connectivity index (χ4v) is 3.01. The van der Waals surface area contributed by atoms with Crippen molar-refractivity contribution >= 4 is 9.84 Å². The summed E-state index contributed by atoms with van der Waals surface area (Å²) in [6.07, 6.45) is 0.718. The van der Waals surface area contributed by atoms with Gasteiger partial charge in [0.25, 0.3) is 0 Å². The van der Waals surface area contributed by atoms with Crippen LogP contribution in [0.5, 0.6) is 0 Å². The summed E-state index contributed by atoms with van der Waals surface area (Å²) >= 11 is 0. The predicted octanol–water partition coefficient (Wildman–Crippen LogP) is 1.23. The molecule has 0 saturated heterocycles. The van der Waals surface area contributed by atoms with Crippen molar-refractivity contribution in [3.05, 3.63) is 29.8 Å². The summed E-state index contributed by atoms with van der Waals surface area (Å²) in [6.45, 7) is 4.16. The van der Waals surface area contributed by atoms with E-state index in [0.717, 1.165) is 12.0 Å². The highest BCUT2D eigenvalue weighted by Crippen LogP contribution is 2.19. The molecule has 2 atom stereocenters. The summed E-state index contributed by atoms with van der Waals surface area (Å²) in [5, 5.41) is 9.22. The van der Waals surface area contributed by atoms with Gasteiger partial charge in [0.1, 0.15) is 0 Å². The van der Waals surface area contributed by atoms with Gasteiger partial charge >= 0.3 is 0 Å². The third-order valence-electron chi connectivity index (χ3n) is 3.54. The van der Waals surface area contributed by atoms with Crippen molar-refractivity contribution in [1.29, 1.82) is 0 Å². The molecule has 19 heavy (non-hydrogen) atoms. The van der Waals surface area contributed by atoms with E-state index in [4.69, 9.17) is 5.73 Å². The Morgan fingerprint density at radius 2 is 2.05 bits per heavy atom. The molecule has 0 heterocycles. The average Bonchev–Trinajstić information content (AvgIpc) is 2.40. The Labute approximate surface area is 115 Å². The van der Waals surface area contributed by atoms with E-state index in [2.05, 4.69) is 0 Å². The van der Waals surface area contributed by atoms with E-state index >= 15 is 0 Å². The largest absolute Gasteiger partial charge is 0.396 e. The molecule has 0 amide bonds. The Morgan fingerprint density at radius 1 is 1.37 bits per heavy atom. The molecule has 0 aromatic heterocycles. The zero-order valence-electron chi connectivity index (χ0n) is 11.5. The van der Waals surface area contributed by atoms with Gasteiger partial charge in [-0.3, -0.25) is 0 Å². The maximum atomic E-state index is 11.8. The van der Waals surface area contributed by atoms with Gasteiger partial charge in [-0.2, -0.15) is 0 Å². The average molecular weight is 285 g/mol. The first-order valence-corrected chi connectivity index (χ1v) is 8.22. The van der Waals surface area contributed by atoms with E-state index in [-0.39, 0.29) is 24.2 Å². The van der Waals surface area contributed by atoms with Gasteiger partial charge < -0.3 is 10.8 Å². The number of aliphatic hydroxyl groups is 1. The first-order valence-electron chi connectivity index (χ1n) is 6.57. The molecule has 0 spiro atoms. The Bertz CT molecular complexity index is 495. The molecule has 3 N–H and O–H groups in total. The highest BCUT2D eigenvalue weighted by Gasteiger charge is 2.17. The van der Waals surface area contributed by atoms with Gasteiger partial charge in [0.2, 0.25) is 0 Å². The van der Waals surface area contributed by atoms with Gasteiger partial charge in [-0.05, 0) is 42.5 Å². The molecule has 0 aliphatic carbocycles. The van der Waals surface area contributed by atoms with Gasteiger partial charge in [0.15, 0.2) is 9.84 Å². The first-order chi connectivity index (χ1) is 8.94. The van der Waals surface area contributed by atoms with Crippen LogP contribution in [0.1, 0.15) is 19.4 Å². The molecule has 108 valence electrons. The lowest BCUT2D eigenvalue weighted by atomic mass is 9.89. The normalized spacial score (nSPS) is 15.2. The second-order valence-electron chi connectivity index (χ2n) is 4.91. The number of hydrogen-bond acceptors (Lipinski definition) is 4. The molecule has 5 heteroatoms. The molecule has 0 radical (unpaired) electrons. The number of nitrogens with two attached hydrogens (primary N) is 1. The van der Waals surface area contributed by atoms with Crippen molar-refractivity contribution in [2.24, 2.45) is 17.6 Å². The van der Waals surface area contributed by atoms with Gasteiger partial charge in [0.05, 0.1) is 10.6 Å². The minimum absolute atomic E-state index is 0.0476. The van der Waals surface area contributed by atoms with Crippen molar-refractivity contribution < 1.29 is 13.5 Å². The number of rotatable bonds is 7. The maximum Gasteiger partial charge on any atom is 0.178 e. The van der Waals surface area contributed by atoms with Crippen molar-refractivity contribution in [1.82, 2.24) is 0 Å². The monoisotopic (exact) mass is 285 g/mol. The van der Waals surface area contributed by atoms with Crippen LogP contribution in [0, 0.1) is 11.8 Å². The maximum absolute atomic E-state index is 11.8. The van der Waals surface area contributed by atoms with Gasteiger partial charge in [-0.1, -0.05) is 26.0 Å². The highest BCUT2D eigenvalue weighted by atomic mass is 32.2. The molecule has 1 aromatic rings. The SMILES string of the molecule is CCS(=O)(=O)c1cccc(CC(C)C(CN)CO)c1. The van der Waals surface area contributed by atoms with Crippen LogP contribution in [0.15, 0.2) is 29.2 Å². The first kappa shape index (κ1) is 16.1. The minimum Gasteiger partial charge on any atom is -0.396 e. The third-order valence-corrected chi connectivity index (χ3v) is 5.27. The third kappa shape index (κ3) is 4.30. The quantitative estimate of drug-likeness (QED) is 0.789. The molecule has 4 nitrogen and oxygen atoms in total. The molecule has 0 fully saturated rings. The predicted molar refractivity (Wildman–Crippen MR) is 76.7 cm³/mol. The topological polar surface area (TPSA) is 80.4 Å². The van der Waals surface area contributed by atoms with Crippen LogP contribution >= 0.6 is 0 Å². The lowest BCUT2D eigenvalue weighted by Crippen LogP contribution is -2.26. The number of hydrogen-bond donors (Lipinski definition) is 2. The molecule has 0 aliphatic heterocycles. The number of sulfone groups is 1. The summed E-state index contributed by atoms with van der Waals surface area (Å²) < 4.78 is 23.7. The molecule has 0 saturated carbocycles. The summed E-state index contributed by atoms with van der Waals surface area (Å²) in [5.41, 5.74) is 6.57. The second-order valence-corrected chi connectivity index (χ2v) is 7.19. The summed E-state index contributed by atoms with van der Waals surface area (Å²) in [6, 6.07) is 7.02. The molecule has 2 unspecified atom stereocenters. The fraction of sp³-hybridized carbons (Fsp3) is 0.571. The summed E-state index contributed by atoms with van der Waals surface area (Å²) in [5.74, 6) is 0.370. The molecule has 0 aliphatic rings. The molecule has 0 bridgehead atoms. The Hall–Kier alpha value is -0.910. The van der Waals surface area contributed by atoms with Crippen molar-refractivity contribution in [2.75, 3.05) is 18.9 Å². The molecular formula is C14H23NO3S. The van der Waals surface area contributed by atoms with E-state index in [1.807, 2.05) is 13.0 Å². The van der Waals surface area contributed by atoms with Crippen molar-refractivity contribution in [3.63, 3.8) is 0 Å².